The molecule has 1 rings (SSSR count). The smallest absolute Gasteiger partial charge is 0.176 e. The van der Waals surface area contributed by atoms with Gasteiger partial charge in [-0.15, -0.1) is 10.2 Å². The molecular weight excluding hydrogens is 266 g/mol. The molecule has 0 amide bonds. The number of nitrogens with zero attached hydrogens (tertiary/aromatic N) is 4. The fraction of sp³-hybridized carbons (Fsp3) is 0.909. The van der Waals surface area contributed by atoms with Gasteiger partial charge in [0.1, 0.15) is 0 Å². The van der Waals surface area contributed by atoms with Gasteiger partial charge in [0.15, 0.2) is 15.7 Å². The van der Waals surface area contributed by atoms with Crippen LogP contribution in [0.4, 0.5) is 0 Å². The van der Waals surface area contributed by atoms with Crippen LogP contribution in [0.1, 0.15) is 33.0 Å². The van der Waals surface area contributed by atoms with Crippen molar-refractivity contribution < 1.29 is 8.42 Å². The molecule has 1 atom stereocenters. The molecule has 0 saturated heterocycles. The standard InChI is InChI=1S/C11H23N5O2S/c1-6-7-12-9(11(2,3)19(5,17)18)8-10-13-15-16(4)14-10/h9,12H,6-8H2,1-5H3. The van der Waals surface area contributed by atoms with Crippen molar-refractivity contribution in [3.8, 4) is 0 Å². The minimum atomic E-state index is -3.19. The van der Waals surface area contributed by atoms with Crippen LogP contribution in [0.5, 0.6) is 0 Å². The Morgan fingerprint density at radius 3 is 2.47 bits per heavy atom. The molecule has 7 nitrogen and oxygen atoms in total. The highest BCUT2D eigenvalue weighted by molar-refractivity contribution is 7.92. The number of hydrogen-bond acceptors (Lipinski definition) is 6. The Kier molecular flexibility index (Phi) is 5.03. The zero-order valence-corrected chi connectivity index (χ0v) is 13.0. The van der Waals surface area contributed by atoms with Gasteiger partial charge in [0.25, 0.3) is 0 Å². The third kappa shape index (κ3) is 3.97. The highest BCUT2D eigenvalue weighted by Crippen LogP contribution is 2.22. The van der Waals surface area contributed by atoms with E-state index in [9.17, 15) is 8.42 Å². The van der Waals surface area contributed by atoms with E-state index in [0.29, 0.717) is 12.2 Å². The molecule has 110 valence electrons. The van der Waals surface area contributed by atoms with Crippen molar-refractivity contribution in [1.29, 1.82) is 0 Å². The summed E-state index contributed by atoms with van der Waals surface area (Å²) in [7, 11) is -1.50. The SMILES string of the molecule is CCCNC(Cc1nnn(C)n1)C(C)(C)S(C)(=O)=O. The molecule has 8 heteroatoms. The van der Waals surface area contributed by atoms with Crippen LogP contribution in [-0.2, 0) is 23.3 Å². The Balaban J connectivity index is 2.94. The summed E-state index contributed by atoms with van der Waals surface area (Å²) in [6, 6.07) is -0.244. The maximum absolute atomic E-state index is 12.0. The number of aromatic nitrogens is 4. The second-order valence-electron chi connectivity index (χ2n) is 5.28. The molecule has 0 aliphatic carbocycles. The summed E-state index contributed by atoms with van der Waals surface area (Å²) in [6.45, 7) is 6.25. The van der Waals surface area contributed by atoms with Crippen molar-refractivity contribution in [3.63, 3.8) is 0 Å². The number of aryl methyl sites for hydroxylation is 1. The molecule has 19 heavy (non-hydrogen) atoms. The van der Waals surface area contributed by atoms with E-state index >= 15 is 0 Å². The first kappa shape index (κ1) is 16.0. The fourth-order valence-corrected chi connectivity index (χ4v) is 2.41. The molecule has 0 saturated carbocycles. The van der Waals surface area contributed by atoms with Crippen LogP contribution in [0.2, 0.25) is 0 Å². The summed E-state index contributed by atoms with van der Waals surface area (Å²) >= 11 is 0. The molecule has 0 radical (unpaired) electrons. The first-order valence-electron chi connectivity index (χ1n) is 6.34. The number of hydrogen-bond donors (Lipinski definition) is 1. The summed E-state index contributed by atoms with van der Waals surface area (Å²) in [6.07, 6.45) is 2.63. The first-order valence-corrected chi connectivity index (χ1v) is 8.23. The molecule has 0 bridgehead atoms. The van der Waals surface area contributed by atoms with E-state index < -0.39 is 14.6 Å². The van der Waals surface area contributed by atoms with Gasteiger partial charge >= 0.3 is 0 Å². The molecule has 1 unspecified atom stereocenters. The van der Waals surface area contributed by atoms with E-state index in [2.05, 4.69) is 20.7 Å². The molecule has 0 aromatic carbocycles. The summed E-state index contributed by atoms with van der Waals surface area (Å²) in [5, 5.41) is 15.1. The Labute approximate surface area is 114 Å². The van der Waals surface area contributed by atoms with Crippen molar-refractivity contribution in [1.82, 2.24) is 25.5 Å². The van der Waals surface area contributed by atoms with Gasteiger partial charge < -0.3 is 5.32 Å². The summed E-state index contributed by atoms with van der Waals surface area (Å²) in [5.41, 5.74) is 0. The highest BCUT2D eigenvalue weighted by Gasteiger charge is 2.39. The maximum atomic E-state index is 12.0. The quantitative estimate of drug-likeness (QED) is 0.756. The second kappa shape index (κ2) is 5.96. The Morgan fingerprint density at radius 1 is 1.42 bits per heavy atom. The van der Waals surface area contributed by atoms with Crippen LogP contribution in [-0.4, -0.2) is 52.2 Å². The normalized spacial score (nSPS) is 14.6. The van der Waals surface area contributed by atoms with Crippen LogP contribution in [0.25, 0.3) is 0 Å². The van der Waals surface area contributed by atoms with E-state index in [1.165, 1.54) is 11.1 Å². The molecule has 1 aromatic heterocycles. The lowest BCUT2D eigenvalue weighted by Crippen LogP contribution is -2.53. The van der Waals surface area contributed by atoms with Crippen LogP contribution in [0.3, 0.4) is 0 Å². The molecule has 0 aliphatic rings. The van der Waals surface area contributed by atoms with Crippen molar-refractivity contribution in [2.24, 2.45) is 7.05 Å². The predicted octanol–water partition coefficient (Wildman–Crippen LogP) is -0.0560. The molecule has 0 spiro atoms. The largest absolute Gasteiger partial charge is 0.312 e. The first-order chi connectivity index (χ1) is 8.68. The molecule has 1 N–H and O–H groups in total. The lowest BCUT2D eigenvalue weighted by Gasteiger charge is -2.32. The highest BCUT2D eigenvalue weighted by atomic mass is 32.2. The maximum Gasteiger partial charge on any atom is 0.176 e. The van der Waals surface area contributed by atoms with E-state index in [4.69, 9.17) is 0 Å². The van der Waals surface area contributed by atoms with Crippen LogP contribution >= 0.6 is 0 Å². The topological polar surface area (TPSA) is 89.8 Å². The summed E-state index contributed by atoms with van der Waals surface area (Å²) in [4.78, 5) is 1.37. The average Bonchev–Trinajstić information content (AvgIpc) is 2.68. The van der Waals surface area contributed by atoms with Gasteiger partial charge in [-0.1, -0.05) is 6.92 Å². The lowest BCUT2D eigenvalue weighted by atomic mass is 9.99. The van der Waals surface area contributed by atoms with Gasteiger partial charge in [-0.3, -0.25) is 0 Å². The molecule has 1 aromatic rings. The monoisotopic (exact) mass is 289 g/mol. The Bertz CT molecular complexity index is 509. The van der Waals surface area contributed by atoms with E-state index in [1.54, 1.807) is 20.9 Å². The van der Waals surface area contributed by atoms with E-state index in [1.807, 2.05) is 6.92 Å². The van der Waals surface area contributed by atoms with Crippen molar-refractivity contribution >= 4 is 9.84 Å². The molecule has 0 aliphatic heterocycles. The van der Waals surface area contributed by atoms with E-state index in [0.717, 1.165) is 13.0 Å². The van der Waals surface area contributed by atoms with Gasteiger partial charge in [-0.05, 0) is 32.0 Å². The van der Waals surface area contributed by atoms with Gasteiger partial charge in [0.2, 0.25) is 0 Å². The number of rotatable bonds is 7. The second-order valence-corrected chi connectivity index (χ2v) is 7.88. The number of tetrazole rings is 1. The minimum Gasteiger partial charge on any atom is -0.312 e. The summed E-state index contributed by atoms with van der Waals surface area (Å²) in [5.74, 6) is 0.549. The zero-order chi connectivity index (χ0) is 14.7. The third-order valence-corrected chi connectivity index (χ3v) is 5.57. The van der Waals surface area contributed by atoms with Crippen molar-refractivity contribution in [2.75, 3.05) is 12.8 Å². The third-order valence-electron chi connectivity index (χ3n) is 3.37. The number of sulfone groups is 1. The van der Waals surface area contributed by atoms with Gasteiger partial charge in [-0.2, -0.15) is 4.80 Å². The predicted molar refractivity (Wildman–Crippen MR) is 73.5 cm³/mol. The molecule has 0 fully saturated rings. The summed E-state index contributed by atoms with van der Waals surface area (Å²) < 4.78 is 23.0. The number of nitrogens with one attached hydrogen (secondary N) is 1. The Morgan fingerprint density at radius 2 is 2.05 bits per heavy atom. The minimum absolute atomic E-state index is 0.244. The Hall–Kier alpha value is -1.02. The van der Waals surface area contributed by atoms with Crippen LogP contribution < -0.4 is 5.32 Å². The van der Waals surface area contributed by atoms with Crippen LogP contribution in [0.15, 0.2) is 0 Å². The van der Waals surface area contributed by atoms with Crippen molar-refractivity contribution in [2.45, 2.75) is 44.4 Å². The fourth-order valence-electron chi connectivity index (χ4n) is 1.73. The lowest BCUT2D eigenvalue weighted by molar-refractivity contribution is 0.400. The van der Waals surface area contributed by atoms with Crippen LogP contribution in [0, 0.1) is 0 Å². The molecular formula is C11H23N5O2S. The van der Waals surface area contributed by atoms with Gasteiger partial charge in [-0.25, -0.2) is 8.42 Å². The van der Waals surface area contributed by atoms with Crippen molar-refractivity contribution in [3.05, 3.63) is 5.82 Å². The average molecular weight is 289 g/mol. The van der Waals surface area contributed by atoms with Gasteiger partial charge in [0.05, 0.1) is 11.8 Å². The van der Waals surface area contributed by atoms with E-state index in [-0.39, 0.29) is 6.04 Å². The molecule has 1 heterocycles. The van der Waals surface area contributed by atoms with Gasteiger partial charge in [0, 0.05) is 18.7 Å². The zero-order valence-electron chi connectivity index (χ0n) is 12.2.